The Hall–Kier alpha value is -1.89. The summed E-state index contributed by atoms with van der Waals surface area (Å²) in [6, 6.07) is -0.892. The summed E-state index contributed by atoms with van der Waals surface area (Å²) < 4.78 is 0. The van der Waals surface area contributed by atoms with Crippen molar-refractivity contribution in [3.05, 3.63) is 18.2 Å². The molecule has 0 bridgehead atoms. The monoisotopic (exact) mass is 266 g/mol. The Balaban J connectivity index is 1.93. The third-order valence-electron chi connectivity index (χ3n) is 3.44. The second-order valence-corrected chi connectivity index (χ2v) is 4.95. The summed E-state index contributed by atoms with van der Waals surface area (Å²) in [4.78, 5) is 29.8. The van der Waals surface area contributed by atoms with Crippen LogP contribution >= 0.6 is 0 Å². The Bertz CT molecular complexity index is 446. The smallest absolute Gasteiger partial charge is 0.326 e. The number of H-pyrrole nitrogens is 1. The van der Waals surface area contributed by atoms with Crippen LogP contribution < -0.4 is 11.1 Å². The summed E-state index contributed by atoms with van der Waals surface area (Å²) in [5.74, 6) is -1.44. The molecule has 3 atom stereocenters. The van der Waals surface area contributed by atoms with E-state index in [1.165, 1.54) is 6.33 Å². The maximum Gasteiger partial charge on any atom is 0.326 e. The molecule has 19 heavy (non-hydrogen) atoms. The van der Waals surface area contributed by atoms with Crippen molar-refractivity contribution in [3.63, 3.8) is 0 Å². The lowest BCUT2D eigenvalue weighted by Crippen LogP contribution is -2.44. The fourth-order valence-electron chi connectivity index (χ4n) is 2.36. The number of nitrogens with one attached hydrogen (secondary N) is 2. The van der Waals surface area contributed by atoms with Gasteiger partial charge in [0.2, 0.25) is 5.91 Å². The quantitative estimate of drug-likeness (QED) is 0.580. The normalized spacial score (nSPS) is 24.1. The standard InChI is InChI=1S/C12H18N4O3/c13-8-2-1-7(3-8)11(17)16-10(12(18)19)4-9-5-14-6-15-9/h5-8,10H,1-4,13H2,(H,14,15)(H,16,17)(H,18,19). The highest BCUT2D eigenvalue weighted by atomic mass is 16.4. The number of amides is 1. The third kappa shape index (κ3) is 3.54. The molecule has 0 aliphatic heterocycles. The predicted molar refractivity (Wildman–Crippen MR) is 67.2 cm³/mol. The fourth-order valence-corrected chi connectivity index (χ4v) is 2.36. The predicted octanol–water partition coefficient (Wildman–Crippen LogP) is -0.351. The number of carboxylic acids is 1. The number of carbonyl (C=O) groups excluding carboxylic acids is 1. The van der Waals surface area contributed by atoms with Crippen LogP contribution in [0.25, 0.3) is 0 Å². The molecule has 0 saturated heterocycles. The average Bonchev–Trinajstić information content (AvgIpc) is 2.99. The van der Waals surface area contributed by atoms with Gasteiger partial charge in [-0.05, 0) is 19.3 Å². The van der Waals surface area contributed by atoms with Crippen molar-refractivity contribution < 1.29 is 14.7 Å². The molecule has 1 amide bonds. The van der Waals surface area contributed by atoms with Crippen LogP contribution in [0.5, 0.6) is 0 Å². The van der Waals surface area contributed by atoms with E-state index in [4.69, 9.17) is 10.8 Å². The van der Waals surface area contributed by atoms with Gasteiger partial charge in [-0.1, -0.05) is 0 Å². The number of rotatable bonds is 5. The molecule has 1 aromatic rings. The van der Waals surface area contributed by atoms with Crippen molar-refractivity contribution >= 4 is 11.9 Å². The van der Waals surface area contributed by atoms with Crippen LogP contribution in [0.15, 0.2) is 12.5 Å². The Kier molecular flexibility index (Phi) is 4.16. The molecule has 1 aromatic heterocycles. The highest BCUT2D eigenvalue weighted by Gasteiger charge is 2.30. The van der Waals surface area contributed by atoms with E-state index in [2.05, 4.69) is 15.3 Å². The van der Waals surface area contributed by atoms with E-state index < -0.39 is 12.0 Å². The molecule has 1 fully saturated rings. The highest BCUT2D eigenvalue weighted by Crippen LogP contribution is 2.24. The van der Waals surface area contributed by atoms with Crippen LogP contribution in [-0.2, 0) is 16.0 Å². The maximum atomic E-state index is 12.0. The van der Waals surface area contributed by atoms with Gasteiger partial charge in [0, 0.05) is 30.3 Å². The lowest BCUT2D eigenvalue weighted by atomic mass is 10.1. The van der Waals surface area contributed by atoms with E-state index in [1.54, 1.807) is 6.20 Å². The van der Waals surface area contributed by atoms with Gasteiger partial charge in [0.15, 0.2) is 0 Å². The molecule has 7 heteroatoms. The highest BCUT2D eigenvalue weighted by molar-refractivity contribution is 5.85. The van der Waals surface area contributed by atoms with E-state index in [0.29, 0.717) is 12.1 Å². The minimum absolute atomic E-state index is 0.0478. The Morgan fingerprint density at radius 2 is 2.37 bits per heavy atom. The van der Waals surface area contributed by atoms with Gasteiger partial charge in [0.05, 0.1) is 6.33 Å². The first-order chi connectivity index (χ1) is 9.06. The van der Waals surface area contributed by atoms with Crippen molar-refractivity contribution in [1.82, 2.24) is 15.3 Å². The fraction of sp³-hybridized carbons (Fsp3) is 0.583. The molecule has 0 radical (unpaired) electrons. The van der Waals surface area contributed by atoms with Crippen LogP contribution in [0.1, 0.15) is 25.0 Å². The van der Waals surface area contributed by atoms with Gasteiger partial charge in [0.1, 0.15) is 6.04 Å². The van der Waals surface area contributed by atoms with Gasteiger partial charge in [0.25, 0.3) is 0 Å². The van der Waals surface area contributed by atoms with E-state index in [9.17, 15) is 9.59 Å². The minimum Gasteiger partial charge on any atom is -0.480 e. The summed E-state index contributed by atoms with van der Waals surface area (Å²) in [5, 5.41) is 11.7. The number of nitrogens with two attached hydrogens (primary N) is 1. The summed E-state index contributed by atoms with van der Waals surface area (Å²) in [5.41, 5.74) is 6.43. The molecule has 0 aromatic carbocycles. The number of hydrogen-bond donors (Lipinski definition) is 4. The van der Waals surface area contributed by atoms with Gasteiger partial charge in [-0.3, -0.25) is 4.79 Å². The molecule has 7 nitrogen and oxygen atoms in total. The van der Waals surface area contributed by atoms with Crippen molar-refractivity contribution in [2.45, 2.75) is 37.8 Å². The SMILES string of the molecule is NC1CCC(C(=O)NC(Cc2cnc[nH]2)C(=O)O)C1. The van der Waals surface area contributed by atoms with Gasteiger partial charge in [-0.25, -0.2) is 9.78 Å². The van der Waals surface area contributed by atoms with Crippen molar-refractivity contribution in [3.8, 4) is 0 Å². The molecule has 2 rings (SSSR count). The number of aromatic amines is 1. The van der Waals surface area contributed by atoms with E-state index in [-0.39, 0.29) is 24.3 Å². The third-order valence-corrected chi connectivity index (χ3v) is 3.44. The Labute approximate surface area is 110 Å². The van der Waals surface area contributed by atoms with Gasteiger partial charge in [-0.2, -0.15) is 0 Å². The zero-order valence-corrected chi connectivity index (χ0v) is 10.5. The van der Waals surface area contributed by atoms with Gasteiger partial charge in [-0.15, -0.1) is 0 Å². The summed E-state index contributed by atoms with van der Waals surface area (Å²) >= 11 is 0. The molecule has 5 N–H and O–H groups in total. The number of nitrogens with zero attached hydrogens (tertiary/aromatic N) is 1. The van der Waals surface area contributed by atoms with Crippen molar-refractivity contribution in [1.29, 1.82) is 0 Å². The van der Waals surface area contributed by atoms with Crippen LogP contribution in [0.3, 0.4) is 0 Å². The first-order valence-corrected chi connectivity index (χ1v) is 6.32. The van der Waals surface area contributed by atoms with Crippen molar-refractivity contribution in [2.24, 2.45) is 11.7 Å². The number of carboxylic acid groups (broad SMARTS) is 1. The Morgan fingerprint density at radius 3 is 2.89 bits per heavy atom. The molecule has 1 saturated carbocycles. The molecule has 1 aliphatic carbocycles. The van der Waals surface area contributed by atoms with E-state index >= 15 is 0 Å². The van der Waals surface area contributed by atoms with Gasteiger partial charge < -0.3 is 21.1 Å². The van der Waals surface area contributed by atoms with Crippen LogP contribution in [0, 0.1) is 5.92 Å². The summed E-state index contributed by atoms with van der Waals surface area (Å²) in [7, 11) is 0. The van der Waals surface area contributed by atoms with E-state index in [1.807, 2.05) is 0 Å². The van der Waals surface area contributed by atoms with E-state index in [0.717, 1.165) is 12.8 Å². The zero-order valence-electron chi connectivity index (χ0n) is 10.5. The number of imidazole rings is 1. The van der Waals surface area contributed by atoms with Crippen molar-refractivity contribution in [2.75, 3.05) is 0 Å². The zero-order chi connectivity index (χ0) is 13.8. The molecule has 3 unspecified atom stereocenters. The number of hydrogen-bond acceptors (Lipinski definition) is 4. The second-order valence-electron chi connectivity index (χ2n) is 4.95. The lowest BCUT2D eigenvalue weighted by molar-refractivity contribution is -0.142. The topological polar surface area (TPSA) is 121 Å². The molecule has 104 valence electrons. The van der Waals surface area contributed by atoms with Crippen LogP contribution in [0.4, 0.5) is 0 Å². The number of aliphatic carboxylic acids is 1. The number of carbonyl (C=O) groups is 2. The van der Waals surface area contributed by atoms with Crippen LogP contribution in [-0.4, -0.2) is 39.0 Å². The second kappa shape index (κ2) is 5.83. The molecular weight excluding hydrogens is 248 g/mol. The number of aromatic nitrogens is 2. The Morgan fingerprint density at radius 1 is 1.58 bits per heavy atom. The molecule has 1 heterocycles. The molecule has 0 spiro atoms. The lowest BCUT2D eigenvalue weighted by Gasteiger charge is -2.16. The first kappa shape index (κ1) is 13.5. The summed E-state index contributed by atoms with van der Waals surface area (Å²) in [6.45, 7) is 0. The summed E-state index contributed by atoms with van der Waals surface area (Å²) in [6.07, 6.45) is 5.39. The first-order valence-electron chi connectivity index (χ1n) is 6.32. The molecular formula is C12H18N4O3. The largest absolute Gasteiger partial charge is 0.480 e. The van der Waals surface area contributed by atoms with Crippen LogP contribution in [0.2, 0.25) is 0 Å². The van der Waals surface area contributed by atoms with Gasteiger partial charge >= 0.3 is 5.97 Å². The maximum absolute atomic E-state index is 12.0. The minimum atomic E-state index is -1.05. The molecule has 1 aliphatic rings. The average molecular weight is 266 g/mol.